The average molecular weight is 305 g/mol. The molecule has 0 atom stereocenters. The van der Waals surface area contributed by atoms with E-state index in [2.05, 4.69) is 44.8 Å². The number of aryl methyl sites for hydroxylation is 2. The van der Waals surface area contributed by atoms with Crippen LogP contribution in [0.5, 0.6) is 0 Å². The van der Waals surface area contributed by atoms with Gasteiger partial charge in [0.15, 0.2) is 0 Å². The topological polar surface area (TPSA) is 62.7 Å². The molecule has 2 aromatic heterocycles. The molecule has 21 heavy (non-hydrogen) atoms. The molecule has 0 aliphatic heterocycles. The molecule has 0 amide bonds. The molecule has 0 saturated carbocycles. The summed E-state index contributed by atoms with van der Waals surface area (Å²) in [6.45, 7) is 8.00. The second-order valence-electron chi connectivity index (χ2n) is 4.87. The Morgan fingerprint density at radius 1 is 1.05 bits per heavy atom. The van der Waals surface area contributed by atoms with Crippen molar-refractivity contribution in [1.82, 2.24) is 15.0 Å². The van der Waals surface area contributed by atoms with Gasteiger partial charge in [0.1, 0.15) is 17.5 Å². The lowest BCUT2D eigenvalue weighted by atomic mass is 10.3. The van der Waals surface area contributed by atoms with Crippen LogP contribution in [0.15, 0.2) is 11.4 Å². The van der Waals surface area contributed by atoms with Crippen LogP contribution < -0.4 is 10.6 Å². The molecule has 2 rings (SSSR count). The SMILES string of the molecule is CCCNc1cc(NCCc2csc(C)n2)nc(CC)n1. The number of hydrogen-bond donors (Lipinski definition) is 2. The first-order chi connectivity index (χ1) is 10.2. The van der Waals surface area contributed by atoms with Gasteiger partial charge in [-0.15, -0.1) is 11.3 Å². The zero-order valence-electron chi connectivity index (χ0n) is 12.9. The van der Waals surface area contributed by atoms with E-state index < -0.39 is 0 Å². The maximum Gasteiger partial charge on any atom is 0.132 e. The molecule has 2 N–H and O–H groups in total. The van der Waals surface area contributed by atoms with E-state index in [0.29, 0.717) is 0 Å². The van der Waals surface area contributed by atoms with E-state index in [1.165, 1.54) is 0 Å². The summed E-state index contributed by atoms with van der Waals surface area (Å²) in [5.41, 5.74) is 1.14. The van der Waals surface area contributed by atoms with Crippen molar-refractivity contribution in [2.75, 3.05) is 23.7 Å². The first kappa shape index (κ1) is 15.7. The number of rotatable bonds is 8. The summed E-state index contributed by atoms with van der Waals surface area (Å²) >= 11 is 1.69. The summed E-state index contributed by atoms with van der Waals surface area (Å²) in [7, 11) is 0. The van der Waals surface area contributed by atoms with Gasteiger partial charge in [-0.2, -0.15) is 0 Å². The first-order valence-electron chi connectivity index (χ1n) is 7.48. The van der Waals surface area contributed by atoms with Gasteiger partial charge in [0, 0.05) is 37.4 Å². The zero-order chi connectivity index (χ0) is 15.1. The summed E-state index contributed by atoms with van der Waals surface area (Å²) in [5, 5.41) is 9.92. The van der Waals surface area contributed by atoms with Crippen LogP contribution in [-0.4, -0.2) is 28.0 Å². The second-order valence-corrected chi connectivity index (χ2v) is 5.93. The predicted molar refractivity (Wildman–Crippen MR) is 89.2 cm³/mol. The van der Waals surface area contributed by atoms with Gasteiger partial charge in [0.05, 0.1) is 10.7 Å². The summed E-state index contributed by atoms with van der Waals surface area (Å²) in [6, 6.07) is 1.97. The minimum atomic E-state index is 0.830. The van der Waals surface area contributed by atoms with Crippen LogP contribution in [-0.2, 0) is 12.8 Å². The molecule has 0 aliphatic carbocycles. The number of nitrogens with one attached hydrogen (secondary N) is 2. The minimum absolute atomic E-state index is 0.830. The normalized spacial score (nSPS) is 10.6. The third-order valence-electron chi connectivity index (χ3n) is 3.00. The Morgan fingerprint density at radius 2 is 1.76 bits per heavy atom. The monoisotopic (exact) mass is 305 g/mol. The highest BCUT2D eigenvalue weighted by Crippen LogP contribution is 2.13. The Morgan fingerprint density at radius 3 is 2.33 bits per heavy atom. The van der Waals surface area contributed by atoms with Crippen LogP contribution in [0.25, 0.3) is 0 Å². The third kappa shape index (κ3) is 4.97. The highest BCUT2D eigenvalue weighted by Gasteiger charge is 2.04. The van der Waals surface area contributed by atoms with Crippen LogP contribution in [0.1, 0.15) is 36.8 Å². The van der Waals surface area contributed by atoms with Crippen molar-refractivity contribution in [3.63, 3.8) is 0 Å². The summed E-state index contributed by atoms with van der Waals surface area (Å²) < 4.78 is 0. The van der Waals surface area contributed by atoms with Gasteiger partial charge >= 0.3 is 0 Å². The number of nitrogens with zero attached hydrogens (tertiary/aromatic N) is 3. The van der Waals surface area contributed by atoms with E-state index in [9.17, 15) is 0 Å². The van der Waals surface area contributed by atoms with E-state index in [1.807, 2.05) is 13.0 Å². The van der Waals surface area contributed by atoms with Crippen molar-refractivity contribution in [1.29, 1.82) is 0 Å². The standard InChI is InChI=1S/C15H23N5S/c1-4-7-16-14-9-15(20-13(5-2)19-14)17-8-6-12-10-21-11(3)18-12/h9-10H,4-8H2,1-3H3,(H2,16,17,19,20). The molecule has 5 nitrogen and oxygen atoms in total. The lowest BCUT2D eigenvalue weighted by Gasteiger charge is -2.10. The molecule has 114 valence electrons. The first-order valence-corrected chi connectivity index (χ1v) is 8.36. The molecule has 6 heteroatoms. The Labute approximate surface area is 130 Å². The summed E-state index contributed by atoms with van der Waals surface area (Å²) in [4.78, 5) is 13.5. The quantitative estimate of drug-likeness (QED) is 0.783. The van der Waals surface area contributed by atoms with Gasteiger partial charge in [-0.25, -0.2) is 15.0 Å². The molecule has 2 heterocycles. The van der Waals surface area contributed by atoms with Crippen LogP contribution in [0.3, 0.4) is 0 Å². The van der Waals surface area contributed by atoms with Gasteiger partial charge in [-0.3, -0.25) is 0 Å². The summed E-state index contributed by atoms with van der Waals surface area (Å²) in [6.07, 6.45) is 2.83. The lowest BCUT2D eigenvalue weighted by molar-refractivity contribution is 0.904. The largest absolute Gasteiger partial charge is 0.370 e. The van der Waals surface area contributed by atoms with Crippen LogP contribution >= 0.6 is 11.3 Å². The fourth-order valence-corrected chi connectivity index (χ4v) is 2.58. The predicted octanol–water partition coefficient (Wildman–Crippen LogP) is 3.28. The fourth-order valence-electron chi connectivity index (χ4n) is 1.93. The highest BCUT2D eigenvalue weighted by molar-refractivity contribution is 7.09. The van der Waals surface area contributed by atoms with Gasteiger partial charge in [-0.05, 0) is 13.3 Å². The summed E-state index contributed by atoms with van der Waals surface area (Å²) in [5.74, 6) is 2.64. The van der Waals surface area contributed by atoms with E-state index >= 15 is 0 Å². The molecule has 0 spiro atoms. The number of aromatic nitrogens is 3. The van der Waals surface area contributed by atoms with Crippen molar-refractivity contribution in [3.05, 3.63) is 28.0 Å². The molecule has 0 unspecified atom stereocenters. The van der Waals surface area contributed by atoms with Crippen molar-refractivity contribution >= 4 is 23.0 Å². The molecular weight excluding hydrogens is 282 g/mol. The van der Waals surface area contributed by atoms with Gasteiger partial charge in [0.25, 0.3) is 0 Å². The maximum absolute atomic E-state index is 4.52. The molecule has 0 saturated heterocycles. The van der Waals surface area contributed by atoms with Crippen molar-refractivity contribution in [3.8, 4) is 0 Å². The van der Waals surface area contributed by atoms with E-state index in [0.717, 1.165) is 60.5 Å². The molecule has 0 radical (unpaired) electrons. The molecular formula is C15H23N5S. The lowest BCUT2D eigenvalue weighted by Crippen LogP contribution is -2.10. The van der Waals surface area contributed by atoms with Gasteiger partial charge in [-0.1, -0.05) is 13.8 Å². The van der Waals surface area contributed by atoms with E-state index in [1.54, 1.807) is 11.3 Å². The maximum atomic E-state index is 4.52. The van der Waals surface area contributed by atoms with Crippen LogP contribution in [0.4, 0.5) is 11.6 Å². The molecule has 0 fully saturated rings. The Kier molecular flexibility index (Phi) is 5.92. The molecule has 0 aromatic carbocycles. The number of anilines is 2. The van der Waals surface area contributed by atoms with Crippen molar-refractivity contribution in [2.24, 2.45) is 0 Å². The van der Waals surface area contributed by atoms with Crippen molar-refractivity contribution < 1.29 is 0 Å². The smallest absolute Gasteiger partial charge is 0.132 e. The molecule has 0 aliphatic rings. The Bertz CT molecular complexity index is 567. The molecule has 0 bridgehead atoms. The highest BCUT2D eigenvalue weighted by atomic mass is 32.1. The molecule has 2 aromatic rings. The third-order valence-corrected chi connectivity index (χ3v) is 3.82. The minimum Gasteiger partial charge on any atom is -0.370 e. The average Bonchev–Trinajstić information content (AvgIpc) is 2.90. The Balaban J connectivity index is 1.94. The van der Waals surface area contributed by atoms with Crippen LogP contribution in [0.2, 0.25) is 0 Å². The Hall–Kier alpha value is -1.69. The van der Waals surface area contributed by atoms with E-state index in [-0.39, 0.29) is 0 Å². The number of thiazole rings is 1. The van der Waals surface area contributed by atoms with E-state index in [4.69, 9.17) is 0 Å². The van der Waals surface area contributed by atoms with Gasteiger partial charge < -0.3 is 10.6 Å². The second kappa shape index (κ2) is 7.93. The fraction of sp³-hybridized carbons (Fsp3) is 0.533. The zero-order valence-corrected chi connectivity index (χ0v) is 13.8. The van der Waals surface area contributed by atoms with Crippen LogP contribution in [0, 0.1) is 6.92 Å². The van der Waals surface area contributed by atoms with Crippen molar-refractivity contribution in [2.45, 2.75) is 40.0 Å². The van der Waals surface area contributed by atoms with Gasteiger partial charge in [0.2, 0.25) is 0 Å². The number of hydrogen-bond acceptors (Lipinski definition) is 6.